The van der Waals surface area contributed by atoms with Gasteiger partial charge in [-0.15, -0.1) is 0 Å². The number of Topliss-reactive ketones (excluding diaryl/α,β-unsaturated/α-hetero) is 1. The van der Waals surface area contributed by atoms with E-state index in [1.165, 1.54) is 11.8 Å². The fraction of sp³-hybridized carbons (Fsp3) is 0.296. The van der Waals surface area contributed by atoms with E-state index in [0.717, 1.165) is 40.1 Å². The summed E-state index contributed by atoms with van der Waals surface area (Å²) < 4.78 is 5.97. The molecule has 0 radical (unpaired) electrons. The Morgan fingerprint density at radius 3 is 2.53 bits per heavy atom. The number of hydrogen-bond acceptors (Lipinski definition) is 7. The van der Waals surface area contributed by atoms with E-state index in [1.54, 1.807) is 0 Å². The minimum Gasteiger partial charge on any atom is -0.489 e. The number of carbonyl (C=O) groups excluding carboxylic acids is 1. The predicted octanol–water partition coefficient (Wildman–Crippen LogP) is 5.56. The molecule has 1 aliphatic heterocycles. The molecule has 1 aromatic heterocycles. The van der Waals surface area contributed by atoms with Crippen molar-refractivity contribution < 1.29 is 9.53 Å². The van der Waals surface area contributed by atoms with E-state index in [1.807, 2.05) is 60.9 Å². The Morgan fingerprint density at radius 1 is 1.09 bits per heavy atom. The van der Waals surface area contributed by atoms with E-state index in [2.05, 4.69) is 24.1 Å². The molecule has 2 heterocycles. The molecule has 0 saturated carbocycles. The Hall–Kier alpha value is -3.32. The van der Waals surface area contributed by atoms with Crippen molar-refractivity contribution in [3.8, 4) is 5.75 Å². The van der Waals surface area contributed by atoms with Crippen LogP contribution in [0.3, 0.4) is 0 Å². The highest BCUT2D eigenvalue weighted by atomic mass is 32.2. The summed E-state index contributed by atoms with van der Waals surface area (Å²) in [6.45, 7) is 4.75. The van der Waals surface area contributed by atoms with Crippen LogP contribution in [0.15, 0.2) is 71.0 Å². The minimum absolute atomic E-state index is 0.110. The topological polar surface area (TPSA) is 90.1 Å². The van der Waals surface area contributed by atoms with Crippen LogP contribution in [0.5, 0.6) is 5.75 Å². The zero-order valence-corrected chi connectivity index (χ0v) is 20.4. The third-order valence-corrected chi connectivity index (χ3v) is 6.91. The number of nitrogens with zero attached hydrogens (tertiary/aromatic N) is 2. The van der Waals surface area contributed by atoms with Gasteiger partial charge in [0.05, 0.1) is 0 Å². The van der Waals surface area contributed by atoms with Crippen molar-refractivity contribution >= 4 is 29.2 Å². The van der Waals surface area contributed by atoms with E-state index in [9.17, 15) is 4.79 Å². The van der Waals surface area contributed by atoms with Crippen molar-refractivity contribution in [2.75, 3.05) is 17.3 Å². The number of aromatic nitrogens is 2. The van der Waals surface area contributed by atoms with Gasteiger partial charge in [0.15, 0.2) is 10.9 Å². The van der Waals surface area contributed by atoms with Crippen molar-refractivity contribution in [2.24, 2.45) is 5.41 Å². The average Bonchev–Trinajstić information content (AvgIpc) is 2.81. The van der Waals surface area contributed by atoms with Crippen LogP contribution in [0.4, 0.5) is 11.6 Å². The van der Waals surface area contributed by atoms with Gasteiger partial charge in [0.25, 0.3) is 0 Å². The smallest absolute Gasteiger partial charge is 0.191 e. The number of rotatable bonds is 5. The normalized spacial score (nSPS) is 18.7. The Balaban J connectivity index is 1.53. The average molecular weight is 473 g/mol. The maximum atomic E-state index is 13.4. The maximum absolute atomic E-state index is 13.4. The monoisotopic (exact) mass is 472 g/mol. The van der Waals surface area contributed by atoms with Crippen molar-refractivity contribution in [3.63, 3.8) is 0 Å². The molecule has 0 fully saturated rings. The highest BCUT2D eigenvalue weighted by molar-refractivity contribution is 7.98. The Bertz CT molecular complexity index is 1270. The lowest BCUT2D eigenvalue weighted by atomic mass is 9.69. The molecule has 6 nitrogen and oxygen atoms in total. The Morgan fingerprint density at radius 2 is 1.82 bits per heavy atom. The molecule has 34 heavy (non-hydrogen) atoms. The van der Waals surface area contributed by atoms with E-state index in [-0.39, 0.29) is 17.1 Å². The summed E-state index contributed by atoms with van der Waals surface area (Å²) in [6.07, 6.45) is 3.20. The molecule has 2 aliphatic rings. The van der Waals surface area contributed by atoms with E-state index >= 15 is 0 Å². The standard InChI is InChI=1S/C27H28N4O2S/c1-27(2)13-19-22(20(32)14-27)21(23-24(28)30-26(34-3)31-25(23)29-19)17-9-11-18(12-10-17)33-15-16-7-5-4-6-8-16/h4-12,21H,13-15H2,1-3H3,(H3,28,29,30,31). The largest absolute Gasteiger partial charge is 0.489 e. The number of fused-ring (bicyclic) bond motifs is 1. The van der Waals surface area contributed by atoms with Gasteiger partial charge in [-0.05, 0) is 41.4 Å². The minimum atomic E-state index is -0.311. The number of nitrogens with one attached hydrogen (secondary N) is 1. The van der Waals surface area contributed by atoms with Crippen LogP contribution in [0.25, 0.3) is 0 Å². The summed E-state index contributed by atoms with van der Waals surface area (Å²) in [6, 6.07) is 18.0. The molecule has 5 rings (SSSR count). The zero-order valence-electron chi connectivity index (χ0n) is 19.6. The summed E-state index contributed by atoms with van der Waals surface area (Å²) in [5.41, 5.74) is 10.9. The molecule has 3 N–H and O–H groups in total. The second-order valence-electron chi connectivity index (χ2n) is 9.59. The number of nitrogen functional groups attached to an aromatic ring is 1. The van der Waals surface area contributed by atoms with Gasteiger partial charge in [0.2, 0.25) is 0 Å². The second kappa shape index (κ2) is 8.80. The molecule has 3 aromatic rings. The highest BCUT2D eigenvalue weighted by Gasteiger charge is 2.42. The molecule has 1 atom stereocenters. The summed E-state index contributed by atoms with van der Waals surface area (Å²) in [7, 11) is 0. The number of ketones is 1. The molecule has 174 valence electrons. The lowest BCUT2D eigenvalue weighted by Gasteiger charge is -2.39. The predicted molar refractivity (Wildman–Crippen MR) is 136 cm³/mol. The molecular formula is C27H28N4O2S. The molecule has 0 bridgehead atoms. The SMILES string of the molecule is CSc1nc(N)c2c(n1)NC1=C(C(=O)CC(C)(C)C1)C2c1ccc(OCc2ccccc2)cc1. The maximum Gasteiger partial charge on any atom is 0.191 e. The van der Waals surface area contributed by atoms with Gasteiger partial charge >= 0.3 is 0 Å². The van der Waals surface area contributed by atoms with Crippen LogP contribution in [-0.2, 0) is 11.4 Å². The molecule has 7 heteroatoms. The quantitative estimate of drug-likeness (QED) is 0.371. The van der Waals surface area contributed by atoms with Crippen molar-refractivity contribution in [2.45, 2.75) is 44.4 Å². The first-order valence-corrected chi connectivity index (χ1v) is 12.6. The first-order valence-electron chi connectivity index (χ1n) is 11.4. The zero-order chi connectivity index (χ0) is 23.9. The van der Waals surface area contributed by atoms with Crippen molar-refractivity contribution in [1.29, 1.82) is 0 Å². The number of ether oxygens (including phenoxy) is 1. The molecule has 0 spiro atoms. The number of allylic oxidation sites excluding steroid dienone is 2. The first kappa shape index (κ1) is 22.5. The molecule has 1 aliphatic carbocycles. The van der Waals surface area contributed by atoms with Crippen LogP contribution in [-0.4, -0.2) is 22.0 Å². The second-order valence-corrected chi connectivity index (χ2v) is 10.4. The number of benzene rings is 2. The molecule has 0 saturated heterocycles. The summed E-state index contributed by atoms with van der Waals surface area (Å²) in [4.78, 5) is 22.6. The van der Waals surface area contributed by atoms with Crippen molar-refractivity contribution in [3.05, 3.63) is 82.6 Å². The number of thioether (sulfide) groups is 1. The van der Waals surface area contributed by atoms with Gasteiger partial charge in [-0.1, -0.05) is 68.1 Å². The lowest BCUT2D eigenvalue weighted by Crippen LogP contribution is -2.34. The van der Waals surface area contributed by atoms with Crippen LogP contribution in [0, 0.1) is 5.41 Å². The fourth-order valence-electron chi connectivity index (χ4n) is 4.84. The molecular weight excluding hydrogens is 444 g/mol. The Labute approximate surface area is 204 Å². The summed E-state index contributed by atoms with van der Waals surface area (Å²) >= 11 is 1.45. The first-order chi connectivity index (χ1) is 16.3. The van der Waals surface area contributed by atoms with Crippen molar-refractivity contribution in [1.82, 2.24) is 9.97 Å². The van der Waals surface area contributed by atoms with Gasteiger partial charge in [-0.3, -0.25) is 4.79 Å². The van der Waals surface area contributed by atoms with Gasteiger partial charge in [-0.2, -0.15) is 0 Å². The Kier molecular flexibility index (Phi) is 5.81. The third-order valence-electron chi connectivity index (χ3n) is 6.37. The van der Waals surface area contributed by atoms with Gasteiger partial charge < -0.3 is 15.8 Å². The van der Waals surface area contributed by atoms with Crippen LogP contribution in [0.1, 0.15) is 49.3 Å². The summed E-state index contributed by atoms with van der Waals surface area (Å²) in [5, 5.41) is 4.05. The number of hydrogen-bond donors (Lipinski definition) is 2. The number of nitrogens with two attached hydrogens (primary N) is 1. The third kappa shape index (κ3) is 4.28. The van der Waals surface area contributed by atoms with Crippen LogP contribution in [0.2, 0.25) is 0 Å². The van der Waals surface area contributed by atoms with Crippen LogP contribution >= 0.6 is 11.8 Å². The van der Waals surface area contributed by atoms with E-state index in [0.29, 0.717) is 29.8 Å². The van der Waals surface area contributed by atoms with E-state index in [4.69, 9.17) is 15.5 Å². The van der Waals surface area contributed by atoms with Crippen LogP contribution < -0.4 is 15.8 Å². The molecule has 2 aromatic carbocycles. The highest BCUT2D eigenvalue weighted by Crippen LogP contribution is 2.50. The van der Waals surface area contributed by atoms with Gasteiger partial charge in [0.1, 0.15) is 24.0 Å². The summed E-state index contributed by atoms with van der Waals surface area (Å²) in [5.74, 6) is 1.70. The number of anilines is 2. The lowest BCUT2D eigenvalue weighted by molar-refractivity contribution is -0.118. The molecule has 0 amide bonds. The van der Waals surface area contributed by atoms with E-state index < -0.39 is 0 Å². The molecule has 1 unspecified atom stereocenters. The fourth-order valence-corrected chi connectivity index (χ4v) is 5.21. The van der Waals surface area contributed by atoms with Gasteiger partial charge in [-0.25, -0.2) is 9.97 Å². The number of carbonyl (C=O) groups is 1. The van der Waals surface area contributed by atoms with Gasteiger partial charge in [0, 0.05) is 29.2 Å².